The third-order valence-corrected chi connectivity index (χ3v) is 7.16. The number of benzene rings is 1. The summed E-state index contributed by atoms with van der Waals surface area (Å²) in [6.45, 7) is 0.715. The monoisotopic (exact) mass is 462 g/mol. The fourth-order valence-electron chi connectivity index (χ4n) is 4.82. The molecule has 0 saturated heterocycles. The number of carbonyl (C=O) groups is 1. The summed E-state index contributed by atoms with van der Waals surface area (Å²) in [4.78, 5) is 19.5. The van der Waals surface area contributed by atoms with Gasteiger partial charge in [0.25, 0.3) is 5.91 Å². The Hall–Kier alpha value is -2.45. The molecule has 1 amide bonds. The van der Waals surface area contributed by atoms with E-state index in [-0.39, 0.29) is 23.6 Å². The first-order valence-corrected chi connectivity index (χ1v) is 11.3. The lowest BCUT2D eigenvalue weighted by molar-refractivity contribution is -0.258. The maximum absolute atomic E-state index is 13.4. The summed E-state index contributed by atoms with van der Waals surface area (Å²) in [5, 5.41) is 9.89. The molecule has 1 atom stereocenters. The van der Waals surface area contributed by atoms with Crippen molar-refractivity contribution in [2.75, 3.05) is 7.11 Å². The second-order valence-corrected chi connectivity index (χ2v) is 9.26. The number of hydrogen-bond donors (Lipinski definition) is 1. The van der Waals surface area contributed by atoms with Crippen molar-refractivity contribution in [2.24, 2.45) is 0 Å². The Morgan fingerprint density at radius 3 is 2.18 bits per heavy atom. The number of ether oxygens (including phenoxy) is 1. The number of carbonyl (C=O) groups excluding carboxylic acids is 1. The molecule has 2 fully saturated rings. The van der Waals surface area contributed by atoms with Crippen molar-refractivity contribution in [3.63, 3.8) is 0 Å². The molecule has 0 radical (unpaired) electrons. The van der Waals surface area contributed by atoms with Gasteiger partial charge in [-0.15, -0.1) is 0 Å². The number of rotatable bonds is 6. The number of hydrogen-bond acceptors (Lipinski definition) is 4. The van der Waals surface area contributed by atoms with Gasteiger partial charge in [-0.3, -0.25) is 9.78 Å². The third-order valence-electron chi connectivity index (χ3n) is 7.16. The summed E-state index contributed by atoms with van der Waals surface area (Å²) in [6, 6.07) is 9.24. The molecule has 5 nitrogen and oxygen atoms in total. The van der Waals surface area contributed by atoms with Gasteiger partial charge in [0.15, 0.2) is 5.60 Å². The maximum atomic E-state index is 13.4. The SMILES string of the molecule is CO[C@]1(c2cccnc2)CC[C@H](N(C(=O)c2ccc([C@](C)(O)C(F)(F)F)cc2)C2CC2)CC1. The van der Waals surface area contributed by atoms with E-state index in [1.54, 1.807) is 13.3 Å². The van der Waals surface area contributed by atoms with Gasteiger partial charge in [0.1, 0.15) is 0 Å². The molecule has 0 spiro atoms. The summed E-state index contributed by atoms with van der Waals surface area (Å²) in [6.07, 6.45) is 3.66. The van der Waals surface area contributed by atoms with E-state index in [2.05, 4.69) is 4.98 Å². The van der Waals surface area contributed by atoms with Gasteiger partial charge in [0.2, 0.25) is 0 Å². The largest absolute Gasteiger partial charge is 0.421 e. The number of pyridine rings is 1. The van der Waals surface area contributed by atoms with E-state index in [4.69, 9.17) is 4.74 Å². The van der Waals surface area contributed by atoms with Crippen molar-refractivity contribution >= 4 is 5.91 Å². The normalized spacial score (nSPS) is 25.3. The Bertz CT molecular complexity index is 965. The third kappa shape index (κ3) is 4.51. The van der Waals surface area contributed by atoms with Gasteiger partial charge in [-0.1, -0.05) is 18.2 Å². The summed E-state index contributed by atoms with van der Waals surface area (Å²) >= 11 is 0. The van der Waals surface area contributed by atoms with Crippen LogP contribution in [0.2, 0.25) is 0 Å². The lowest BCUT2D eigenvalue weighted by atomic mass is 9.77. The van der Waals surface area contributed by atoms with Crippen LogP contribution in [0.15, 0.2) is 48.8 Å². The van der Waals surface area contributed by atoms with Crippen LogP contribution in [-0.4, -0.2) is 46.3 Å². The zero-order valence-corrected chi connectivity index (χ0v) is 18.8. The second-order valence-electron chi connectivity index (χ2n) is 9.26. The average Bonchev–Trinajstić information content (AvgIpc) is 3.65. The Morgan fingerprint density at radius 1 is 1.09 bits per heavy atom. The van der Waals surface area contributed by atoms with Crippen LogP contribution in [0.4, 0.5) is 13.2 Å². The van der Waals surface area contributed by atoms with Crippen LogP contribution < -0.4 is 0 Å². The maximum Gasteiger partial charge on any atom is 0.421 e. The molecule has 1 aromatic carbocycles. The molecule has 8 heteroatoms. The summed E-state index contributed by atoms with van der Waals surface area (Å²) < 4.78 is 45.3. The van der Waals surface area contributed by atoms with Gasteiger partial charge >= 0.3 is 6.18 Å². The molecule has 33 heavy (non-hydrogen) atoms. The molecule has 2 aliphatic rings. The quantitative estimate of drug-likeness (QED) is 0.661. The minimum atomic E-state index is -4.80. The van der Waals surface area contributed by atoms with Crippen molar-refractivity contribution in [3.05, 3.63) is 65.5 Å². The predicted molar refractivity (Wildman–Crippen MR) is 116 cm³/mol. The number of aliphatic hydroxyl groups is 1. The number of amides is 1. The highest BCUT2D eigenvalue weighted by molar-refractivity contribution is 5.95. The Morgan fingerprint density at radius 2 is 1.70 bits per heavy atom. The molecule has 0 unspecified atom stereocenters. The Balaban J connectivity index is 1.50. The molecule has 2 aliphatic carbocycles. The highest BCUT2D eigenvalue weighted by Gasteiger charge is 2.51. The lowest BCUT2D eigenvalue weighted by Crippen LogP contribution is -2.47. The summed E-state index contributed by atoms with van der Waals surface area (Å²) in [7, 11) is 1.70. The molecule has 1 N–H and O–H groups in total. The fourth-order valence-corrected chi connectivity index (χ4v) is 4.82. The summed E-state index contributed by atoms with van der Waals surface area (Å²) in [5.41, 5.74) is -2.32. The zero-order chi connectivity index (χ0) is 23.9. The number of alkyl halides is 3. The molecule has 2 saturated carbocycles. The van der Waals surface area contributed by atoms with Crippen LogP contribution in [0, 0.1) is 0 Å². The first-order chi connectivity index (χ1) is 15.6. The van der Waals surface area contributed by atoms with Gasteiger partial charge in [0.05, 0.1) is 5.60 Å². The van der Waals surface area contributed by atoms with Crippen LogP contribution in [-0.2, 0) is 15.9 Å². The summed E-state index contributed by atoms with van der Waals surface area (Å²) in [5.74, 6) is -0.174. The molecular formula is C25H29F3N2O3. The van der Waals surface area contributed by atoms with Crippen LogP contribution in [0.5, 0.6) is 0 Å². The van der Waals surface area contributed by atoms with E-state index in [1.807, 2.05) is 23.2 Å². The van der Waals surface area contributed by atoms with Crippen LogP contribution in [0.3, 0.4) is 0 Å². The van der Waals surface area contributed by atoms with Crippen LogP contribution >= 0.6 is 0 Å². The van der Waals surface area contributed by atoms with Crippen molar-refractivity contribution in [1.29, 1.82) is 0 Å². The van der Waals surface area contributed by atoms with E-state index in [0.717, 1.165) is 44.1 Å². The molecule has 0 aliphatic heterocycles. The Kier molecular flexibility index (Phi) is 6.26. The van der Waals surface area contributed by atoms with Crippen molar-refractivity contribution in [2.45, 2.75) is 74.9 Å². The number of aromatic nitrogens is 1. The van der Waals surface area contributed by atoms with Gasteiger partial charge in [-0.05, 0) is 69.2 Å². The van der Waals surface area contributed by atoms with Crippen molar-refractivity contribution in [1.82, 2.24) is 9.88 Å². The van der Waals surface area contributed by atoms with Crippen LogP contribution in [0.25, 0.3) is 0 Å². The smallest absolute Gasteiger partial charge is 0.376 e. The van der Waals surface area contributed by atoms with Crippen molar-refractivity contribution < 1.29 is 27.8 Å². The number of nitrogens with zero attached hydrogens (tertiary/aromatic N) is 2. The first-order valence-electron chi connectivity index (χ1n) is 11.3. The van der Waals surface area contributed by atoms with Gasteiger partial charge in [0, 0.05) is 42.7 Å². The standard InChI is InChI=1S/C25H29F3N2O3/c1-23(32,25(26,27)28)18-7-5-17(6-8-18)22(31)30(20-9-10-20)21-11-13-24(33-2,14-12-21)19-4-3-15-29-16-19/h3-8,15-16,20-21,32H,9-14H2,1-2H3/t21-,23-,24+/m0/s1. The minimum absolute atomic E-state index is 0.0444. The van der Waals surface area contributed by atoms with Crippen LogP contribution in [0.1, 0.15) is 66.9 Å². The van der Waals surface area contributed by atoms with E-state index in [9.17, 15) is 23.1 Å². The molecule has 2 aromatic rings. The lowest BCUT2D eigenvalue weighted by Gasteiger charge is -2.43. The highest BCUT2D eigenvalue weighted by Crippen LogP contribution is 2.44. The topological polar surface area (TPSA) is 62.7 Å². The van der Waals surface area contributed by atoms with Gasteiger partial charge in [-0.2, -0.15) is 13.2 Å². The van der Waals surface area contributed by atoms with Gasteiger partial charge in [-0.25, -0.2) is 0 Å². The van der Waals surface area contributed by atoms with E-state index >= 15 is 0 Å². The molecule has 1 aromatic heterocycles. The van der Waals surface area contributed by atoms with Gasteiger partial charge < -0.3 is 14.7 Å². The molecular weight excluding hydrogens is 433 g/mol. The number of halogens is 3. The zero-order valence-electron chi connectivity index (χ0n) is 18.8. The average molecular weight is 463 g/mol. The molecule has 0 bridgehead atoms. The molecule has 1 heterocycles. The van der Waals surface area contributed by atoms with E-state index in [1.165, 1.54) is 24.3 Å². The molecule has 4 rings (SSSR count). The molecule has 178 valence electrons. The fraction of sp³-hybridized carbons (Fsp3) is 0.520. The van der Waals surface area contributed by atoms with E-state index < -0.39 is 17.4 Å². The Labute approximate surface area is 191 Å². The van der Waals surface area contributed by atoms with Crippen molar-refractivity contribution in [3.8, 4) is 0 Å². The van der Waals surface area contributed by atoms with E-state index in [0.29, 0.717) is 12.5 Å². The predicted octanol–water partition coefficient (Wildman–Crippen LogP) is 4.94. The first kappa shape index (κ1) is 23.7. The highest BCUT2D eigenvalue weighted by atomic mass is 19.4. The minimum Gasteiger partial charge on any atom is -0.376 e. The number of methoxy groups -OCH3 is 1. The second kappa shape index (κ2) is 8.72.